The van der Waals surface area contributed by atoms with Gasteiger partial charge in [0.15, 0.2) is 0 Å². The number of aryl methyl sites for hydroxylation is 1. The Balaban J connectivity index is 1.64. The maximum atomic E-state index is 12.8. The Morgan fingerprint density at radius 2 is 1.90 bits per heavy atom. The maximum Gasteiger partial charge on any atom is 0.326 e. The average molecular weight is 405 g/mol. The first-order valence-electron chi connectivity index (χ1n) is 10.5. The summed E-state index contributed by atoms with van der Waals surface area (Å²) in [7, 11) is 0. The highest BCUT2D eigenvalue weighted by Crippen LogP contribution is 2.33. The molecule has 6 nitrogen and oxygen atoms in total. The number of carbonyl (C=O) groups excluding carboxylic acids is 2. The fourth-order valence-electron chi connectivity index (χ4n) is 4.04. The van der Waals surface area contributed by atoms with Gasteiger partial charge >= 0.3 is 5.97 Å². The van der Waals surface area contributed by atoms with Crippen LogP contribution in [0.2, 0.25) is 0 Å². The molecule has 0 spiro atoms. The highest BCUT2D eigenvalue weighted by atomic mass is 16.5. The number of benzene rings is 2. The molecule has 30 heavy (non-hydrogen) atoms. The Morgan fingerprint density at radius 3 is 2.60 bits per heavy atom. The van der Waals surface area contributed by atoms with E-state index in [1.54, 1.807) is 0 Å². The van der Waals surface area contributed by atoms with Gasteiger partial charge in [-0.15, -0.1) is 0 Å². The second-order valence-electron chi connectivity index (χ2n) is 8.01. The van der Waals surface area contributed by atoms with Gasteiger partial charge in [-0.1, -0.05) is 31.2 Å². The van der Waals surface area contributed by atoms with Crippen LogP contribution in [0.15, 0.2) is 48.5 Å². The van der Waals surface area contributed by atoms with Crippen molar-refractivity contribution in [3.63, 3.8) is 0 Å². The van der Waals surface area contributed by atoms with Crippen molar-refractivity contribution in [2.45, 2.75) is 52.2 Å². The third-order valence-electron chi connectivity index (χ3n) is 5.48. The first-order chi connectivity index (χ1) is 14.5. The van der Waals surface area contributed by atoms with Crippen LogP contribution in [-0.2, 0) is 27.3 Å². The summed E-state index contributed by atoms with van der Waals surface area (Å²) < 4.78 is 7.26. The minimum absolute atomic E-state index is 0.0765. The summed E-state index contributed by atoms with van der Waals surface area (Å²) in [6.45, 7) is 6.42. The van der Waals surface area contributed by atoms with Gasteiger partial charge in [0.2, 0.25) is 5.91 Å². The van der Waals surface area contributed by atoms with Crippen molar-refractivity contribution in [1.29, 1.82) is 0 Å². The van der Waals surface area contributed by atoms with E-state index in [-0.39, 0.29) is 30.4 Å². The average Bonchev–Trinajstić information content (AvgIpc) is 3.28. The van der Waals surface area contributed by atoms with E-state index in [2.05, 4.69) is 19.1 Å². The molecule has 0 radical (unpaired) electrons. The first kappa shape index (κ1) is 20.1. The topological polar surface area (TPSA) is 64.4 Å². The third kappa shape index (κ3) is 3.95. The third-order valence-corrected chi connectivity index (χ3v) is 5.48. The summed E-state index contributed by atoms with van der Waals surface area (Å²) in [5.41, 5.74) is 3.85. The van der Waals surface area contributed by atoms with Gasteiger partial charge < -0.3 is 14.2 Å². The minimum atomic E-state index is -0.300. The van der Waals surface area contributed by atoms with Gasteiger partial charge in [0.05, 0.1) is 17.1 Å². The van der Waals surface area contributed by atoms with E-state index in [4.69, 9.17) is 9.72 Å². The predicted octanol–water partition coefficient (Wildman–Crippen LogP) is 4.07. The van der Waals surface area contributed by atoms with Gasteiger partial charge in [0.1, 0.15) is 12.4 Å². The molecule has 1 unspecified atom stereocenters. The Labute approximate surface area is 176 Å². The zero-order valence-corrected chi connectivity index (χ0v) is 17.7. The summed E-state index contributed by atoms with van der Waals surface area (Å²) in [6, 6.07) is 15.9. The van der Waals surface area contributed by atoms with Crippen LogP contribution in [0.25, 0.3) is 11.0 Å². The van der Waals surface area contributed by atoms with Crippen molar-refractivity contribution in [3.05, 3.63) is 59.9 Å². The number of para-hydroxylation sites is 2. The predicted molar refractivity (Wildman–Crippen MR) is 116 cm³/mol. The first-order valence-corrected chi connectivity index (χ1v) is 10.5. The molecular weight excluding hydrogens is 378 g/mol. The van der Waals surface area contributed by atoms with Crippen LogP contribution in [0.3, 0.4) is 0 Å². The lowest BCUT2D eigenvalue weighted by molar-refractivity contribution is -0.148. The molecule has 6 heteroatoms. The van der Waals surface area contributed by atoms with Crippen molar-refractivity contribution in [1.82, 2.24) is 9.55 Å². The summed E-state index contributed by atoms with van der Waals surface area (Å²) in [5, 5.41) is 0. The molecule has 1 aromatic heterocycles. The van der Waals surface area contributed by atoms with Crippen LogP contribution in [0, 0.1) is 0 Å². The molecule has 1 fully saturated rings. The van der Waals surface area contributed by atoms with Crippen molar-refractivity contribution < 1.29 is 14.3 Å². The van der Waals surface area contributed by atoms with Crippen LogP contribution in [0.5, 0.6) is 0 Å². The van der Waals surface area contributed by atoms with E-state index in [9.17, 15) is 9.59 Å². The Hall–Kier alpha value is -3.15. The molecule has 1 atom stereocenters. The molecule has 156 valence electrons. The van der Waals surface area contributed by atoms with E-state index < -0.39 is 0 Å². The quantitative estimate of drug-likeness (QED) is 0.580. The molecule has 0 N–H and O–H groups in total. The fourth-order valence-corrected chi connectivity index (χ4v) is 4.04. The zero-order valence-electron chi connectivity index (χ0n) is 17.7. The van der Waals surface area contributed by atoms with Crippen LogP contribution in [0.4, 0.5) is 5.69 Å². The number of amides is 1. The summed E-state index contributed by atoms with van der Waals surface area (Å²) in [5.74, 6) is 0.457. The number of aromatic nitrogens is 2. The molecule has 1 aliphatic heterocycles. The monoisotopic (exact) mass is 405 g/mol. The highest BCUT2D eigenvalue weighted by Gasteiger charge is 2.35. The Kier molecular flexibility index (Phi) is 5.57. The van der Waals surface area contributed by atoms with E-state index >= 15 is 0 Å². The highest BCUT2D eigenvalue weighted by molar-refractivity contribution is 5.96. The van der Waals surface area contributed by atoms with Gasteiger partial charge in [-0.05, 0) is 50.1 Å². The van der Waals surface area contributed by atoms with Gasteiger partial charge in [0, 0.05) is 24.6 Å². The largest absolute Gasteiger partial charge is 0.462 e. The number of anilines is 1. The number of imidazole rings is 1. The van der Waals surface area contributed by atoms with E-state index in [1.807, 2.05) is 59.7 Å². The molecule has 1 aliphatic rings. The number of rotatable bonds is 6. The van der Waals surface area contributed by atoms with Gasteiger partial charge in [-0.2, -0.15) is 0 Å². The normalized spacial score (nSPS) is 16.6. The second kappa shape index (κ2) is 8.30. The number of ether oxygens (including phenoxy) is 1. The van der Waals surface area contributed by atoms with E-state index in [0.29, 0.717) is 13.0 Å². The van der Waals surface area contributed by atoms with Gasteiger partial charge in [-0.3, -0.25) is 9.59 Å². The van der Waals surface area contributed by atoms with Crippen LogP contribution in [0.1, 0.15) is 44.5 Å². The molecule has 2 aromatic carbocycles. The number of fused-ring (bicyclic) bond motifs is 1. The molecule has 4 rings (SSSR count). The maximum absolute atomic E-state index is 12.8. The lowest BCUT2D eigenvalue weighted by atomic mass is 10.1. The molecule has 0 bridgehead atoms. The van der Waals surface area contributed by atoms with Crippen molar-refractivity contribution >= 4 is 28.6 Å². The smallest absolute Gasteiger partial charge is 0.326 e. The molecule has 1 amide bonds. The summed E-state index contributed by atoms with van der Waals surface area (Å²) >= 11 is 0. The number of nitrogens with zero attached hydrogens (tertiary/aromatic N) is 3. The molecule has 3 aromatic rings. The van der Waals surface area contributed by atoms with Gasteiger partial charge in [-0.25, -0.2) is 4.98 Å². The van der Waals surface area contributed by atoms with Crippen molar-refractivity contribution in [3.8, 4) is 0 Å². The van der Waals surface area contributed by atoms with Gasteiger partial charge in [0.25, 0.3) is 0 Å². The van der Waals surface area contributed by atoms with Crippen LogP contribution >= 0.6 is 0 Å². The van der Waals surface area contributed by atoms with E-state index in [1.165, 1.54) is 5.56 Å². The SMILES string of the molecule is CCc1ccc(N2CC(c3nc4ccccc4n3CC(=O)OC(C)C)CC2=O)cc1. The van der Waals surface area contributed by atoms with Crippen LogP contribution in [-0.4, -0.2) is 34.1 Å². The Morgan fingerprint density at radius 1 is 1.17 bits per heavy atom. The van der Waals surface area contributed by atoms with E-state index in [0.717, 1.165) is 29.0 Å². The number of carbonyl (C=O) groups is 2. The molecular formula is C24H27N3O3. The zero-order chi connectivity index (χ0) is 21.3. The summed E-state index contributed by atoms with van der Waals surface area (Å²) in [6.07, 6.45) is 1.16. The fraction of sp³-hybridized carbons (Fsp3) is 0.375. The number of hydrogen-bond donors (Lipinski definition) is 0. The molecule has 2 heterocycles. The summed E-state index contributed by atoms with van der Waals surface area (Å²) in [4.78, 5) is 31.8. The Bertz CT molecular complexity index is 1070. The van der Waals surface area contributed by atoms with Crippen LogP contribution < -0.4 is 4.90 Å². The standard InChI is InChI=1S/C24H27N3O3/c1-4-17-9-11-19(12-10-17)26-14-18(13-22(26)28)24-25-20-7-5-6-8-21(20)27(24)15-23(29)30-16(2)3/h5-12,16,18H,4,13-15H2,1-3H3. The molecule has 0 saturated carbocycles. The minimum Gasteiger partial charge on any atom is -0.462 e. The van der Waals surface area contributed by atoms with Crippen molar-refractivity contribution in [2.24, 2.45) is 0 Å². The van der Waals surface area contributed by atoms with Crippen molar-refractivity contribution in [2.75, 3.05) is 11.4 Å². The lowest BCUT2D eigenvalue weighted by Gasteiger charge is -2.18. The number of esters is 1. The molecule has 0 aliphatic carbocycles. The number of hydrogen-bond acceptors (Lipinski definition) is 4. The second-order valence-corrected chi connectivity index (χ2v) is 8.01. The lowest BCUT2D eigenvalue weighted by Crippen LogP contribution is -2.25. The molecule has 1 saturated heterocycles.